The first-order valence-electron chi connectivity index (χ1n) is 7.63. The van der Waals surface area contributed by atoms with Gasteiger partial charge in [0, 0.05) is 17.3 Å². The van der Waals surface area contributed by atoms with Crippen LogP contribution >= 0.6 is 0 Å². The van der Waals surface area contributed by atoms with Crippen LogP contribution in [0.5, 0.6) is 5.75 Å². The van der Waals surface area contributed by atoms with Crippen molar-refractivity contribution in [3.8, 4) is 11.8 Å². The van der Waals surface area contributed by atoms with Crippen molar-refractivity contribution in [2.24, 2.45) is 5.73 Å². The van der Waals surface area contributed by atoms with Crippen molar-refractivity contribution in [2.75, 3.05) is 5.73 Å². The number of hydrogen-bond acceptors (Lipinski definition) is 4. The van der Waals surface area contributed by atoms with Crippen LogP contribution in [0.2, 0.25) is 0 Å². The first-order valence-corrected chi connectivity index (χ1v) is 7.63. The van der Waals surface area contributed by atoms with Crippen LogP contribution in [0.15, 0.2) is 72.1 Å². The number of allylic oxidation sites excluding steroid dienone is 1. The van der Waals surface area contributed by atoms with Crippen LogP contribution in [-0.4, -0.2) is 0 Å². The number of rotatable bonds is 1. The normalized spacial score (nSPS) is 16.4. The molecule has 0 fully saturated rings. The largest absolute Gasteiger partial charge is 0.440 e. The molecule has 0 bridgehead atoms. The highest BCUT2D eigenvalue weighted by molar-refractivity contribution is 5.83. The molecule has 1 aliphatic rings. The average molecular weight is 313 g/mol. The van der Waals surface area contributed by atoms with Crippen LogP contribution in [0.1, 0.15) is 17.0 Å². The summed E-state index contributed by atoms with van der Waals surface area (Å²) in [5, 5.41) is 11.9. The van der Waals surface area contributed by atoms with Gasteiger partial charge in [0.1, 0.15) is 17.4 Å². The van der Waals surface area contributed by atoms with Crippen molar-refractivity contribution in [2.45, 2.75) is 5.92 Å². The van der Waals surface area contributed by atoms with E-state index >= 15 is 0 Å². The molecule has 0 aromatic heterocycles. The zero-order chi connectivity index (χ0) is 16.7. The SMILES string of the molecule is N#CC1=C(N)Oc2cc(N)ccc2C1c1ccc2ccccc2c1. The fourth-order valence-electron chi connectivity index (χ4n) is 3.20. The van der Waals surface area contributed by atoms with Gasteiger partial charge >= 0.3 is 0 Å². The molecular weight excluding hydrogens is 298 g/mol. The molecule has 4 N–H and O–H groups in total. The number of nitriles is 1. The molecule has 1 atom stereocenters. The lowest BCUT2D eigenvalue weighted by atomic mass is 9.83. The van der Waals surface area contributed by atoms with Crippen molar-refractivity contribution in [1.29, 1.82) is 5.26 Å². The topological polar surface area (TPSA) is 85.1 Å². The second-order valence-corrected chi connectivity index (χ2v) is 5.83. The Kier molecular flexibility index (Phi) is 3.14. The van der Waals surface area contributed by atoms with Crippen LogP contribution in [0.3, 0.4) is 0 Å². The lowest BCUT2D eigenvalue weighted by molar-refractivity contribution is 0.394. The minimum Gasteiger partial charge on any atom is -0.440 e. The summed E-state index contributed by atoms with van der Waals surface area (Å²) in [5.74, 6) is 0.474. The zero-order valence-electron chi connectivity index (χ0n) is 12.9. The second kappa shape index (κ2) is 5.32. The van der Waals surface area contributed by atoms with E-state index in [4.69, 9.17) is 16.2 Å². The molecular formula is C20H15N3O. The van der Waals surface area contributed by atoms with Gasteiger partial charge < -0.3 is 16.2 Å². The highest BCUT2D eigenvalue weighted by Gasteiger charge is 2.30. The minimum atomic E-state index is -0.260. The van der Waals surface area contributed by atoms with E-state index in [-0.39, 0.29) is 11.8 Å². The quantitative estimate of drug-likeness (QED) is 0.672. The van der Waals surface area contributed by atoms with Crippen LogP contribution in [0.25, 0.3) is 10.8 Å². The van der Waals surface area contributed by atoms with Gasteiger partial charge in [-0.3, -0.25) is 0 Å². The molecule has 0 saturated carbocycles. The summed E-state index contributed by atoms with van der Waals surface area (Å²) < 4.78 is 5.61. The third-order valence-electron chi connectivity index (χ3n) is 4.35. The van der Waals surface area contributed by atoms with Gasteiger partial charge in [0.15, 0.2) is 0 Å². The van der Waals surface area contributed by atoms with Crippen molar-refractivity contribution < 1.29 is 4.74 Å². The molecule has 0 saturated heterocycles. The average Bonchev–Trinajstić information content (AvgIpc) is 2.60. The maximum Gasteiger partial charge on any atom is 0.205 e. The lowest BCUT2D eigenvalue weighted by Crippen LogP contribution is -2.21. The number of ether oxygens (including phenoxy) is 1. The number of nitrogen functional groups attached to an aromatic ring is 1. The highest BCUT2D eigenvalue weighted by atomic mass is 16.5. The number of fused-ring (bicyclic) bond motifs is 2. The summed E-state index contributed by atoms with van der Waals surface area (Å²) in [6.07, 6.45) is 0. The van der Waals surface area contributed by atoms with E-state index in [2.05, 4.69) is 30.3 Å². The Hall–Kier alpha value is -3.45. The first kappa shape index (κ1) is 14.2. The molecule has 4 rings (SSSR count). The van der Waals surface area contributed by atoms with Gasteiger partial charge in [-0.15, -0.1) is 0 Å². The molecule has 0 amide bonds. The molecule has 1 heterocycles. The van der Waals surface area contributed by atoms with Crippen LogP contribution < -0.4 is 16.2 Å². The Labute approximate surface area is 139 Å². The molecule has 0 radical (unpaired) electrons. The number of hydrogen-bond donors (Lipinski definition) is 2. The van der Waals surface area contributed by atoms with Gasteiger partial charge in [0.05, 0.1) is 5.92 Å². The smallest absolute Gasteiger partial charge is 0.205 e. The molecule has 1 aliphatic heterocycles. The predicted molar refractivity (Wildman–Crippen MR) is 94.1 cm³/mol. The maximum absolute atomic E-state index is 9.59. The highest BCUT2D eigenvalue weighted by Crippen LogP contribution is 2.43. The monoisotopic (exact) mass is 313 g/mol. The number of anilines is 1. The third kappa shape index (κ3) is 2.15. The molecule has 3 aromatic rings. The van der Waals surface area contributed by atoms with Gasteiger partial charge in [-0.25, -0.2) is 0 Å². The Balaban J connectivity index is 1.95. The fraction of sp³-hybridized carbons (Fsp3) is 0.0500. The van der Waals surface area contributed by atoms with E-state index in [1.165, 1.54) is 0 Å². The van der Waals surface area contributed by atoms with Crippen molar-refractivity contribution >= 4 is 16.5 Å². The molecule has 4 nitrogen and oxygen atoms in total. The van der Waals surface area contributed by atoms with E-state index < -0.39 is 0 Å². The summed E-state index contributed by atoms with van der Waals surface area (Å²) in [6, 6.07) is 22.0. The number of benzene rings is 3. The fourth-order valence-corrected chi connectivity index (χ4v) is 3.20. The van der Waals surface area contributed by atoms with Gasteiger partial charge in [-0.2, -0.15) is 5.26 Å². The van der Waals surface area contributed by atoms with Crippen LogP contribution in [0, 0.1) is 11.3 Å². The maximum atomic E-state index is 9.59. The standard InChI is InChI=1S/C20H15N3O/c21-11-17-19(14-6-5-12-3-1-2-4-13(12)9-14)16-8-7-15(22)10-18(16)24-20(17)23/h1-10,19H,22-23H2. The molecule has 0 aliphatic carbocycles. The second-order valence-electron chi connectivity index (χ2n) is 5.83. The van der Waals surface area contributed by atoms with E-state index in [9.17, 15) is 5.26 Å². The summed E-state index contributed by atoms with van der Waals surface area (Å²) >= 11 is 0. The number of nitrogens with two attached hydrogens (primary N) is 2. The Morgan fingerprint density at radius 2 is 1.71 bits per heavy atom. The number of nitrogens with zero attached hydrogens (tertiary/aromatic N) is 1. The Morgan fingerprint density at radius 3 is 2.50 bits per heavy atom. The third-order valence-corrected chi connectivity index (χ3v) is 4.35. The summed E-state index contributed by atoms with van der Waals surface area (Å²) in [5.41, 5.74) is 14.8. The first-order chi connectivity index (χ1) is 11.7. The molecule has 0 spiro atoms. The molecule has 1 unspecified atom stereocenters. The van der Waals surface area contributed by atoms with Gasteiger partial charge in [0.2, 0.25) is 5.88 Å². The van der Waals surface area contributed by atoms with Gasteiger partial charge in [-0.1, -0.05) is 48.5 Å². The Morgan fingerprint density at radius 1 is 0.917 bits per heavy atom. The summed E-state index contributed by atoms with van der Waals surface area (Å²) in [7, 11) is 0. The van der Waals surface area contributed by atoms with Crippen molar-refractivity contribution in [3.63, 3.8) is 0 Å². The Bertz CT molecular complexity index is 1030. The lowest BCUT2D eigenvalue weighted by Gasteiger charge is -2.26. The van der Waals surface area contributed by atoms with Gasteiger partial charge in [0.25, 0.3) is 0 Å². The van der Waals surface area contributed by atoms with E-state index in [1.807, 2.05) is 30.3 Å². The molecule has 116 valence electrons. The van der Waals surface area contributed by atoms with Crippen molar-refractivity contribution in [3.05, 3.63) is 83.2 Å². The van der Waals surface area contributed by atoms with E-state index in [0.717, 1.165) is 21.9 Å². The van der Waals surface area contributed by atoms with E-state index in [0.29, 0.717) is 17.0 Å². The van der Waals surface area contributed by atoms with Crippen LogP contribution in [-0.2, 0) is 0 Å². The van der Waals surface area contributed by atoms with Gasteiger partial charge in [-0.05, 0) is 22.4 Å². The zero-order valence-corrected chi connectivity index (χ0v) is 12.9. The van der Waals surface area contributed by atoms with E-state index in [1.54, 1.807) is 6.07 Å². The molecule has 24 heavy (non-hydrogen) atoms. The summed E-state index contributed by atoms with van der Waals surface area (Å²) in [4.78, 5) is 0. The molecule has 3 aromatic carbocycles. The minimum absolute atomic E-state index is 0.133. The summed E-state index contributed by atoms with van der Waals surface area (Å²) in [6.45, 7) is 0. The molecule has 4 heteroatoms. The van der Waals surface area contributed by atoms with Crippen LogP contribution in [0.4, 0.5) is 5.69 Å². The predicted octanol–water partition coefficient (Wildman–Crippen LogP) is 3.64. The van der Waals surface area contributed by atoms with Crippen molar-refractivity contribution in [1.82, 2.24) is 0 Å².